The topological polar surface area (TPSA) is 32.3 Å². The van der Waals surface area contributed by atoms with Gasteiger partial charge >= 0.3 is 0 Å². The van der Waals surface area contributed by atoms with E-state index in [0.29, 0.717) is 5.41 Å². The van der Waals surface area contributed by atoms with Gasteiger partial charge in [0.2, 0.25) is 0 Å². The van der Waals surface area contributed by atoms with Crippen molar-refractivity contribution in [1.82, 2.24) is 5.32 Å². The third-order valence-corrected chi connectivity index (χ3v) is 3.91. The maximum Gasteiger partial charge on any atom is 0.0648 e. The van der Waals surface area contributed by atoms with Crippen LogP contribution in [0, 0.1) is 5.41 Å². The predicted molar refractivity (Wildman–Crippen MR) is 49.0 cm³/mol. The molecular formula is C10H19NO. The molecule has 0 spiro atoms. The molecule has 3 saturated carbocycles. The Balaban J connectivity index is 2.04. The van der Waals surface area contributed by atoms with E-state index in [2.05, 4.69) is 5.32 Å². The van der Waals surface area contributed by atoms with Crippen LogP contribution in [0.2, 0.25) is 0 Å². The van der Waals surface area contributed by atoms with Gasteiger partial charge in [0.25, 0.3) is 0 Å². The Kier molecular flexibility index (Phi) is 1.92. The normalized spacial score (nSPS) is 46.5. The van der Waals surface area contributed by atoms with E-state index in [4.69, 9.17) is 0 Å². The Labute approximate surface area is 74.4 Å². The molecule has 0 aromatic rings. The molecule has 0 amide bonds. The smallest absolute Gasteiger partial charge is 0.0648 e. The third-order valence-electron chi connectivity index (χ3n) is 3.91. The van der Waals surface area contributed by atoms with Crippen molar-refractivity contribution in [1.29, 1.82) is 0 Å². The first-order valence-electron chi connectivity index (χ1n) is 5.05. The summed E-state index contributed by atoms with van der Waals surface area (Å²) >= 11 is 0. The van der Waals surface area contributed by atoms with Gasteiger partial charge in [0.05, 0.1) is 5.60 Å². The lowest BCUT2D eigenvalue weighted by Crippen LogP contribution is -2.49. The molecule has 2 heteroatoms. The van der Waals surface area contributed by atoms with Crippen molar-refractivity contribution in [3.05, 3.63) is 0 Å². The van der Waals surface area contributed by atoms with Gasteiger partial charge in [-0.05, 0) is 51.0 Å². The molecule has 3 aliphatic carbocycles. The van der Waals surface area contributed by atoms with Crippen molar-refractivity contribution < 1.29 is 5.11 Å². The highest BCUT2D eigenvalue weighted by molar-refractivity contribution is 5.00. The standard InChI is InChI=1S/C10H19NO/c1-11-8-9-2-5-10(12,6-3-9)7-4-9/h11-12H,2-8H2,1H3. The molecule has 2 N–H and O–H groups in total. The molecule has 0 atom stereocenters. The van der Waals surface area contributed by atoms with Crippen LogP contribution in [0.3, 0.4) is 0 Å². The maximum absolute atomic E-state index is 9.98. The zero-order chi connectivity index (χ0) is 8.66. The molecular weight excluding hydrogens is 150 g/mol. The molecule has 0 unspecified atom stereocenters. The van der Waals surface area contributed by atoms with Crippen LogP contribution in [0.5, 0.6) is 0 Å². The first-order valence-corrected chi connectivity index (χ1v) is 5.05. The van der Waals surface area contributed by atoms with Gasteiger partial charge in [-0.1, -0.05) is 0 Å². The second-order valence-corrected chi connectivity index (χ2v) is 4.75. The number of nitrogens with one attached hydrogen (secondary N) is 1. The molecule has 0 radical (unpaired) electrons. The zero-order valence-electron chi connectivity index (χ0n) is 7.90. The molecule has 0 aromatic carbocycles. The molecule has 12 heavy (non-hydrogen) atoms. The van der Waals surface area contributed by atoms with Crippen LogP contribution in [0.15, 0.2) is 0 Å². The van der Waals surface area contributed by atoms with Crippen molar-refractivity contribution >= 4 is 0 Å². The summed E-state index contributed by atoms with van der Waals surface area (Å²) < 4.78 is 0. The summed E-state index contributed by atoms with van der Waals surface area (Å²) in [5, 5.41) is 13.3. The molecule has 3 rings (SSSR count). The van der Waals surface area contributed by atoms with E-state index >= 15 is 0 Å². The van der Waals surface area contributed by atoms with Crippen molar-refractivity contribution in [2.45, 2.75) is 44.1 Å². The minimum absolute atomic E-state index is 0.268. The summed E-state index contributed by atoms with van der Waals surface area (Å²) in [5.74, 6) is 0. The summed E-state index contributed by atoms with van der Waals surface area (Å²) in [5.41, 5.74) is 0.273. The first kappa shape index (κ1) is 8.52. The number of hydrogen-bond acceptors (Lipinski definition) is 2. The van der Waals surface area contributed by atoms with Crippen molar-refractivity contribution in [2.24, 2.45) is 5.41 Å². The van der Waals surface area contributed by atoms with Crippen LogP contribution < -0.4 is 5.32 Å². The minimum Gasteiger partial charge on any atom is -0.390 e. The Bertz CT molecular complexity index is 154. The Morgan fingerprint density at radius 1 is 1.08 bits per heavy atom. The van der Waals surface area contributed by atoms with Crippen LogP contribution >= 0.6 is 0 Å². The van der Waals surface area contributed by atoms with Gasteiger partial charge in [-0.25, -0.2) is 0 Å². The molecule has 3 fully saturated rings. The SMILES string of the molecule is CNCC12CCC(O)(CC1)CC2. The molecule has 70 valence electrons. The number of rotatable bonds is 2. The van der Waals surface area contributed by atoms with Gasteiger partial charge in [-0.15, -0.1) is 0 Å². The van der Waals surface area contributed by atoms with E-state index in [0.717, 1.165) is 25.8 Å². The predicted octanol–water partition coefficient (Wildman–Crippen LogP) is 1.29. The Morgan fingerprint density at radius 2 is 1.58 bits per heavy atom. The third kappa shape index (κ3) is 1.27. The fourth-order valence-electron chi connectivity index (χ4n) is 2.88. The highest BCUT2D eigenvalue weighted by Gasteiger charge is 2.46. The zero-order valence-corrected chi connectivity index (χ0v) is 7.90. The lowest BCUT2D eigenvalue weighted by atomic mass is 9.58. The second kappa shape index (κ2) is 2.71. The summed E-state index contributed by atoms with van der Waals surface area (Å²) in [7, 11) is 2.03. The minimum atomic E-state index is -0.268. The lowest BCUT2D eigenvalue weighted by molar-refractivity contribution is -0.0902. The molecule has 0 saturated heterocycles. The number of aliphatic hydroxyl groups is 1. The lowest BCUT2D eigenvalue weighted by Gasteiger charge is -2.51. The molecule has 0 aromatic heterocycles. The van der Waals surface area contributed by atoms with E-state index in [1.165, 1.54) is 19.3 Å². The van der Waals surface area contributed by atoms with Gasteiger partial charge < -0.3 is 10.4 Å². The van der Waals surface area contributed by atoms with Gasteiger partial charge in [-0.2, -0.15) is 0 Å². The fourth-order valence-corrected chi connectivity index (χ4v) is 2.88. The van der Waals surface area contributed by atoms with E-state index in [9.17, 15) is 5.11 Å². The van der Waals surface area contributed by atoms with Gasteiger partial charge in [0.1, 0.15) is 0 Å². The highest BCUT2D eigenvalue weighted by Crippen LogP contribution is 2.51. The van der Waals surface area contributed by atoms with Crippen LogP contribution in [0.4, 0.5) is 0 Å². The van der Waals surface area contributed by atoms with Gasteiger partial charge in [0.15, 0.2) is 0 Å². The van der Waals surface area contributed by atoms with Crippen molar-refractivity contribution in [3.63, 3.8) is 0 Å². The molecule has 2 bridgehead atoms. The largest absolute Gasteiger partial charge is 0.390 e. The quantitative estimate of drug-likeness (QED) is 0.653. The van der Waals surface area contributed by atoms with Crippen LogP contribution in [-0.4, -0.2) is 24.3 Å². The van der Waals surface area contributed by atoms with Gasteiger partial charge in [-0.3, -0.25) is 0 Å². The fraction of sp³-hybridized carbons (Fsp3) is 1.00. The summed E-state index contributed by atoms with van der Waals surface area (Å²) in [6.07, 6.45) is 6.79. The Morgan fingerprint density at radius 3 is 2.00 bits per heavy atom. The van der Waals surface area contributed by atoms with E-state index < -0.39 is 0 Å². The summed E-state index contributed by atoms with van der Waals surface area (Å²) in [6.45, 7) is 1.14. The van der Waals surface area contributed by atoms with E-state index in [1.54, 1.807) is 0 Å². The van der Waals surface area contributed by atoms with Crippen LogP contribution in [0.1, 0.15) is 38.5 Å². The first-order chi connectivity index (χ1) is 5.68. The van der Waals surface area contributed by atoms with E-state index in [1.807, 2.05) is 7.05 Å². The molecule has 2 nitrogen and oxygen atoms in total. The second-order valence-electron chi connectivity index (χ2n) is 4.75. The molecule has 0 aliphatic heterocycles. The highest BCUT2D eigenvalue weighted by atomic mass is 16.3. The maximum atomic E-state index is 9.98. The average molecular weight is 169 g/mol. The van der Waals surface area contributed by atoms with Crippen LogP contribution in [-0.2, 0) is 0 Å². The average Bonchev–Trinajstić information content (AvgIpc) is 2.08. The Hall–Kier alpha value is -0.0800. The number of hydrogen-bond donors (Lipinski definition) is 2. The van der Waals surface area contributed by atoms with Crippen molar-refractivity contribution in [3.8, 4) is 0 Å². The monoisotopic (exact) mass is 169 g/mol. The van der Waals surface area contributed by atoms with E-state index in [-0.39, 0.29) is 5.60 Å². The van der Waals surface area contributed by atoms with Crippen LogP contribution in [0.25, 0.3) is 0 Å². The number of fused-ring (bicyclic) bond motifs is 3. The van der Waals surface area contributed by atoms with Crippen molar-refractivity contribution in [2.75, 3.05) is 13.6 Å². The molecule has 3 aliphatic rings. The molecule has 0 heterocycles. The van der Waals surface area contributed by atoms with Gasteiger partial charge in [0, 0.05) is 6.54 Å². The summed E-state index contributed by atoms with van der Waals surface area (Å²) in [4.78, 5) is 0. The summed E-state index contributed by atoms with van der Waals surface area (Å²) in [6, 6.07) is 0.